The minimum atomic E-state index is -0.408. The molecule has 7 nitrogen and oxygen atoms in total. The van der Waals surface area contributed by atoms with Crippen LogP contribution in [0.3, 0.4) is 0 Å². The molecule has 0 spiro atoms. The number of H-pyrrole nitrogens is 1. The van der Waals surface area contributed by atoms with Gasteiger partial charge in [-0.15, -0.1) is 5.10 Å². The van der Waals surface area contributed by atoms with Crippen LogP contribution in [-0.4, -0.2) is 15.2 Å². The lowest BCUT2D eigenvalue weighted by atomic mass is 9.83. The van der Waals surface area contributed by atoms with Gasteiger partial charge in [0, 0.05) is 18.0 Å². The fourth-order valence-corrected chi connectivity index (χ4v) is 3.81. The van der Waals surface area contributed by atoms with Crippen LogP contribution in [0.2, 0.25) is 0 Å². The Kier molecular flexibility index (Phi) is 5.02. The van der Waals surface area contributed by atoms with E-state index in [1.54, 1.807) is 12.4 Å². The summed E-state index contributed by atoms with van der Waals surface area (Å²) < 4.78 is 11.5. The normalized spacial score (nSPS) is 14.9. The van der Waals surface area contributed by atoms with Gasteiger partial charge in [-0.05, 0) is 47.5 Å². The first-order valence-electron chi connectivity index (χ1n) is 10.1. The summed E-state index contributed by atoms with van der Waals surface area (Å²) >= 11 is 0. The molecule has 0 saturated carbocycles. The van der Waals surface area contributed by atoms with Gasteiger partial charge in [0.1, 0.15) is 24.0 Å². The first-order valence-corrected chi connectivity index (χ1v) is 10.1. The number of rotatable bonds is 5. The Morgan fingerprint density at radius 2 is 1.78 bits per heavy atom. The smallest absolute Gasteiger partial charge is 0.244 e. The maximum absolute atomic E-state index is 9.78. The Hall–Kier alpha value is -4.57. The molecular formula is C25H19N5O2. The number of ether oxygens (including phenoxy) is 2. The average Bonchev–Trinajstić information content (AvgIpc) is 3.26. The number of nitrogens with one attached hydrogen (secondary N) is 1. The summed E-state index contributed by atoms with van der Waals surface area (Å²) in [6.45, 7) is 0.493. The number of pyridine rings is 1. The predicted octanol–water partition coefficient (Wildman–Crippen LogP) is 4.27. The number of hydrogen-bond acceptors (Lipinski definition) is 6. The van der Waals surface area contributed by atoms with E-state index in [1.165, 1.54) is 0 Å². The highest BCUT2D eigenvalue weighted by Crippen LogP contribution is 2.45. The monoisotopic (exact) mass is 421 g/mol. The molecule has 0 amide bonds. The Morgan fingerprint density at radius 1 is 1.03 bits per heavy atom. The molecule has 0 aliphatic carbocycles. The lowest BCUT2D eigenvalue weighted by Crippen LogP contribution is -2.21. The van der Waals surface area contributed by atoms with Gasteiger partial charge < -0.3 is 15.2 Å². The second-order valence-electron chi connectivity index (χ2n) is 7.32. The molecule has 0 unspecified atom stereocenters. The van der Waals surface area contributed by atoms with E-state index in [2.05, 4.69) is 21.3 Å². The molecule has 0 saturated heterocycles. The van der Waals surface area contributed by atoms with E-state index in [0.717, 1.165) is 33.7 Å². The fourth-order valence-electron chi connectivity index (χ4n) is 3.81. The molecule has 5 rings (SSSR count). The second kappa shape index (κ2) is 8.28. The van der Waals surface area contributed by atoms with Crippen LogP contribution in [0.25, 0.3) is 11.3 Å². The van der Waals surface area contributed by atoms with Gasteiger partial charge in [-0.1, -0.05) is 30.3 Å². The summed E-state index contributed by atoms with van der Waals surface area (Å²) in [5, 5.41) is 17.1. The highest BCUT2D eigenvalue weighted by molar-refractivity contribution is 5.71. The van der Waals surface area contributed by atoms with Crippen molar-refractivity contribution < 1.29 is 9.47 Å². The van der Waals surface area contributed by atoms with Crippen LogP contribution >= 0.6 is 0 Å². The summed E-state index contributed by atoms with van der Waals surface area (Å²) in [4.78, 5) is 4.08. The largest absolute Gasteiger partial charge is 0.489 e. The van der Waals surface area contributed by atoms with Crippen molar-refractivity contribution in [1.29, 1.82) is 5.26 Å². The standard InChI is InChI=1S/C25H19N5O2/c26-14-20-21(17-10-12-28-13-11-17)22-23(29-30-25(22)32-24(20)27)18-6-8-19(9-7-18)31-15-16-4-2-1-3-5-16/h1-13,21H,15,27H2,(H,29,30)/t21-/m1/s1. The molecule has 7 heteroatoms. The maximum Gasteiger partial charge on any atom is 0.244 e. The van der Waals surface area contributed by atoms with Crippen LogP contribution in [0, 0.1) is 11.3 Å². The van der Waals surface area contributed by atoms with Gasteiger partial charge in [0.15, 0.2) is 0 Å². The molecule has 2 aromatic carbocycles. The number of aromatic nitrogens is 3. The second-order valence-corrected chi connectivity index (χ2v) is 7.32. The molecule has 1 aliphatic rings. The maximum atomic E-state index is 9.78. The molecule has 1 atom stereocenters. The van der Waals surface area contributed by atoms with E-state index in [9.17, 15) is 5.26 Å². The van der Waals surface area contributed by atoms with Crippen molar-refractivity contribution in [2.24, 2.45) is 5.73 Å². The third-order valence-electron chi connectivity index (χ3n) is 5.37. The minimum Gasteiger partial charge on any atom is -0.489 e. The van der Waals surface area contributed by atoms with Gasteiger partial charge >= 0.3 is 0 Å². The van der Waals surface area contributed by atoms with Gasteiger partial charge in [0.05, 0.1) is 17.2 Å². The number of allylic oxidation sites excluding steroid dienone is 1. The highest BCUT2D eigenvalue weighted by Gasteiger charge is 2.35. The first kappa shape index (κ1) is 19.4. The molecule has 0 fully saturated rings. The highest BCUT2D eigenvalue weighted by atomic mass is 16.5. The molecule has 32 heavy (non-hydrogen) atoms. The Morgan fingerprint density at radius 3 is 2.50 bits per heavy atom. The van der Waals surface area contributed by atoms with Gasteiger partial charge in [-0.2, -0.15) is 5.26 Å². The molecule has 4 aromatic rings. The number of aromatic amines is 1. The Bertz CT molecular complexity index is 1310. The van der Waals surface area contributed by atoms with Crippen molar-refractivity contribution in [3.8, 4) is 29.0 Å². The van der Waals surface area contributed by atoms with Crippen molar-refractivity contribution in [3.63, 3.8) is 0 Å². The van der Waals surface area contributed by atoms with Crippen molar-refractivity contribution in [2.45, 2.75) is 12.5 Å². The average molecular weight is 421 g/mol. The number of nitriles is 1. The van der Waals surface area contributed by atoms with Crippen LogP contribution in [0.5, 0.6) is 11.6 Å². The molecular weight excluding hydrogens is 402 g/mol. The first-order chi connectivity index (χ1) is 15.7. The summed E-state index contributed by atoms with van der Waals surface area (Å²) in [7, 11) is 0. The zero-order chi connectivity index (χ0) is 21.9. The Labute approximate surface area is 184 Å². The van der Waals surface area contributed by atoms with Crippen molar-refractivity contribution in [2.75, 3.05) is 0 Å². The quantitative estimate of drug-likeness (QED) is 0.498. The van der Waals surface area contributed by atoms with Gasteiger partial charge in [0.2, 0.25) is 11.8 Å². The van der Waals surface area contributed by atoms with Crippen molar-refractivity contribution in [3.05, 3.63) is 107 Å². The van der Waals surface area contributed by atoms with Gasteiger partial charge in [0.25, 0.3) is 0 Å². The van der Waals surface area contributed by atoms with Crippen LogP contribution < -0.4 is 15.2 Å². The molecule has 3 heterocycles. The number of nitrogens with zero attached hydrogens (tertiary/aromatic N) is 3. The lowest BCUT2D eigenvalue weighted by molar-refractivity contribution is 0.306. The SMILES string of the molecule is N#CC1=C(N)Oc2n[nH]c(-c3ccc(OCc4ccccc4)cc3)c2[C@@H]1c1ccncc1. The molecule has 156 valence electrons. The summed E-state index contributed by atoms with van der Waals surface area (Å²) in [6, 6.07) is 23.6. The van der Waals surface area contributed by atoms with Crippen LogP contribution in [0.1, 0.15) is 22.6 Å². The van der Waals surface area contributed by atoms with E-state index in [4.69, 9.17) is 15.2 Å². The summed E-state index contributed by atoms with van der Waals surface area (Å²) in [5.41, 5.74) is 10.8. The molecule has 3 N–H and O–H groups in total. The minimum absolute atomic E-state index is 0.0597. The van der Waals surface area contributed by atoms with E-state index in [0.29, 0.717) is 18.1 Å². The number of benzene rings is 2. The molecule has 0 radical (unpaired) electrons. The lowest BCUT2D eigenvalue weighted by Gasteiger charge is -2.24. The third-order valence-corrected chi connectivity index (χ3v) is 5.37. The number of hydrogen-bond donors (Lipinski definition) is 2. The fraction of sp³-hybridized carbons (Fsp3) is 0.0800. The predicted molar refractivity (Wildman–Crippen MR) is 118 cm³/mol. The molecule has 2 aromatic heterocycles. The summed E-state index contributed by atoms with van der Waals surface area (Å²) in [6.07, 6.45) is 3.38. The van der Waals surface area contributed by atoms with E-state index < -0.39 is 5.92 Å². The van der Waals surface area contributed by atoms with E-state index in [1.807, 2.05) is 66.7 Å². The van der Waals surface area contributed by atoms with E-state index >= 15 is 0 Å². The number of fused-ring (bicyclic) bond motifs is 1. The zero-order valence-corrected chi connectivity index (χ0v) is 17.0. The Balaban J connectivity index is 1.48. The van der Waals surface area contributed by atoms with Crippen LogP contribution in [-0.2, 0) is 6.61 Å². The van der Waals surface area contributed by atoms with E-state index in [-0.39, 0.29) is 5.88 Å². The van der Waals surface area contributed by atoms with Crippen molar-refractivity contribution in [1.82, 2.24) is 15.2 Å². The van der Waals surface area contributed by atoms with Crippen LogP contribution in [0.4, 0.5) is 0 Å². The van der Waals surface area contributed by atoms with Crippen LogP contribution in [0.15, 0.2) is 90.6 Å². The zero-order valence-electron chi connectivity index (χ0n) is 17.0. The van der Waals surface area contributed by atoms with Gasteiger partial charge in [-0.25, -0.2) is 0 Å². The van der Waals surface area contributed by atoms with Gasteiger partial charge in [-0.3, -0.25) is 10.1 Å². The third kappa shape index (κ3) is 3.55. The molecule has 1 aliphatic heterocycles. The summed E-state index contributed by atoms with van der Waals surface area (Å²) in [5.74, 6) is 0.775. The topological polar surface area (TPSA) is 110 Å². The number of nitrogens with two attached hydrogens (primary N) is 1. The van der Waals surface area contributed by atoms with Crippen molar-refractivity contribution >= 4 is 0 Å². The molecule has 0 bridgehead atoms.